The second-order valence-electron chi connectivity index (χ2n) is 3.20. The van der Waals surface area contributed by atoms with E-state index < -0.39 is 28.6 Å². The molecule has 104 valence electrons. The standard InChI is InChI=1S/C4H13O10P3/c1-3-4(2,15(5,6)7)13-17(11,12)14-16(8,9)10/h3H2,1-2H3,(H,11,12)(H2,5,6,7)(H2,8,9,10)/t4-/m1/s1. The number of rotatable bonds is 6. The maximum Gasteiger partial charge on any atom is 0.482 e. The van der Waals surface area contributed by atoms with E-state index in [1.54, 1.807) is 0 Å². The first kappa shape index (κ1) is 17.4. The fourth-order valence-corrected chi connectivity index (χ4v) is 3.71. The van der Waals surface area contributed by atoms with E-state index in [1.807, 2.05) is 0 Å². The molecule has 10 nitrogen and oxygen atoms in total. The Labute approximate surface area is 96.6 Å². The van der Waals surface area contributed by atoms with Crippen LogP contribution in [0.4, 0.5) is 0 Å². The summed E-state index contributed by atoms with van der Waals surface area (Å²) >= 11 is 0. The van der Waals surface area contributed by atoms with Crippen LogP contribution in [0.3, 0.4) is 0 Å². The van der Waals surface area contributed by atoms with Gasteiger partial charge in [-0.3, -0.25) is 9.09 Å². The first-order valence-corrected chi connectivity index (χ1v) is 8.72. The summed E-state index contributed by atoms with van der Waals surface area (Å²) in [5, 5.41) is -2.38. The van der Waals surface area contributed by atoms with E-state index in [0.29, 0.717) is 0 Å². The molecule has 0 aromatic heterocycles. The summed E-state index contributed by atoms with van der Waals surface area (Å²) in [6.45, 7) is 2.07. The number of hydrogen-bond acceptors (Lipinski definition) is 5. The quantitative estimate of drug-likeness (QED) is 0.435. The molecular weight excluding hydrogens is 301 g/mol. The Kier molecular flexibility index (Phi) is 5.31. The van der Waals surface area contributed by atoms with Gasteiger partial charge in [-0.05, 0) is 13.3 Å². The summed E-state index contributed by atoms with van der Waals surface area (Å²) < 4.78 is 40.1. The van der Waals surface area contributed by atoms with Gasteiger partial charge in [0, 0.05) is 0 Å². The normalized spacial score (nSPS) is 20.6. The van der Waals surface area contributed by atoms with Crippen molar-refractivity contribution in [1.82, 2.24) is 0 Å². The average Bonchev–Trinajstić information content (AvgIpc) is 1.95. The number of hydrogen-bond donors (Lipinski definition) is 5. The molecule has 0 spiro atoms. The minimum absolute atomic E-state index is 0.383. The van der Waals surface area contributed by atoms with Crippen LogP contribution in [0.25, 0.3) is 0 Å². The Bertz CT molecular complexity index is 406. The molecule has 1 unspecified atom stereocenters. The molecule has 0 fully saturated rings. The van der Waals surface area contributed by atoms with Gasteiger partial charge in [0.25, 0.3) is 0 Å². The molecule has 17 heavy (non-hydrogen) atoms. The third kappa shape index (κ3) is 5.72. The van der Waals surface area contributed by atoms with Crippen LogP contribution in [-0.2, 0) is 22.5 Å². The lowest BCUT2D eigenvalue weighted by atomic mass is 10.3. The minimum atomic E-state index is -5.33. The van der Waals surface area contributed by atoms with Gasteiger partial charge in [-0.1, -0.05) is 6.92 Å². The van der Waals surface area contributed by atoms with Crippen molar-refractivity contribution in [2.75, 3.05) is 0 Å². The molecule has 0 amide bonds. The molecule has 0 saturated carbocycles. The number of phosphoric acid groups is 2. The SMILES string of the molecule is CC[C@](C)(OP(=O)(O)OP(=O)(O)O)P(=O)(O)O. The van der Waals surface area contributed by atoms with Gasteiger partial charge in [0.15, 0.2) is 5.34 Å². The zero-order chi connectivity index (χ0) is 14.1. The third-order valence-corrected chi connectivity index (χ3v) is 5.89. The second kappa shape index (κ2) is 5.19. The van der Waals surface area contributed by atoms with Gasteiger partial charge in [-0.25, -0.2) is 9.13 Å². The molecule has 2 atom stereocenters. The lowest BCUT2D eigenvalue weighted by molar-refractivity contribution is 0.0827. The Morgan fingerprint density at radius 3 is 1.71 bits per heavy atom. The first-order valence-electron chi connectivity index (χ1n) is 4.08. The van der Waals surface area contributed by atoms with Crippen LogP contribution in [0.2, 0.25) is 0 Å². The van der Waals surface area contributed by atoms with Gasteiger partial charge >= 0.3 is 23.2 Å². The van der Waals surface area contributed by atoms with Gasteiger partial charge in [0.2, 0.25) is 0 Å². The highest BCUT2D eigenvalue weighted by Crippen LogP contribution is 2.65. The van der Waals surface area contributed by atoms with Crippen LogP contribution in [0, 0.1) is 0 Å². The predicted octanol–water partition coefficient (Wildman–Crippen LogP) is 0.517. The number of phosphoric ester groups is 1. The minimum Gasteiger partial charge on any atom is -0.322 e. The molecule has 0 aliphatic rings. The van der Waals surface area contributed by atoms with Crippen LogP contribution < -0.4 is 0 Å². The lowest BCUT2D eigenvalue weighted by Crippen LogP contribution is -2.26. The van der Waals surface area contributed by atoms with Gasteiger partial charge in [-0.15, -0.1) is 0 Å². The smallest absolute Gasteiger partial charge is 0.322 e. The lowest BCUT2D eigenvalue weighted by Gasteiger charge is -2.30. The Hall–Kier alpha value is 0.410. The molecule has 0 saturated heterocycles. The molecule has 0 aliphatic heterocycles. The topological polar surface area (TPSA) is 171 Å². The van der Waals surface area contributed by atoms with E-state index in [9.17, 15) is 13.7 Å². The summed E-state index contributed by atoms with van der Waals surface area (Å²) in [7, 11) is -15.6. The van der Waals surface area contributed by atoms with Gasteiger partial charge < -0.3 is 24.5 Å². The monoisotopic (exact) mass is 314 g/mol. The van der Waals surface area contributed by atoms with E-state index in [-0.39, 0.29) is 6.42 Å². The van der Waals surface area contributed by atoms with Crippen LogP contribution >= 0.6 is 23.2 Å². The molecule has 0 aromatic carbocycles. The van der Waals surface area contributed by atoms with Crippen LogP contribution in [0.5, 0.6) is 0 Å². The van der Waals surface area contributed by atoms with E-state index in [2.05, 4.69) is 8.83 Å². The van der Waals surface area contributed by atoms with Crippen LogP contribution in [-0.4, -0.2) is 29.8 Å². The zero-order valence-corrected chi connectivity index (χ0v) is 11.5. The zero-order valence-electron chi connectivity index (χ0n) is 8.83. The molecule has 0 aliphatic carbocycles. The molecule has 13 heteroatoms. The second-order valence-corrected chi connectivity index (χ2v) is 7.99. The van der Waals surface area contributed by atoms with Gasteiger partial charge in [0.1, 0.15) is 0 Å². The Morgan fingerprint density at radius 2 is 1.47 bits per heavy atom. The van der Waals surface area contributed by atoms with Crippen molar-refractivity contribution in [3.05, 3.63) is 0 Å². The molecule has 0 bridgehead atoms. The molecule has 5 N–H and O–H groups in total. The largest absolute Gasteiger partial charge is 0.482 e. The van der Waals surface area contributed by atoms with Crippen molar-refractivity contribution in [1.29, 1.82) is 0 Å². The van der Waals surface area contributed by atoms with Gasteiger partial charge in [-0.2, -0.15) is 4.31 Å². The highest BCUT2D eigenvalue weighted by atomic mass is 31.3. The highest BCUT2D eigenvalue weighted by Gasteiger charge is 2.49. The van der Waals surface area contributed by atoms with Crippen molar-refractivity contribution in [3.63, 3.8) is 0 Å². The third-order valence-electron chi connectivity index (χ3n) is 1.79. The van der Waals surface area contributed by atoms with E-state index in [4.69, 9.17) is 24.5 Å². The van der Waals surface area contributed by atoms with Crippen molar-refractivity contribution >= 4 is 23.2 Å². The molecule has 0 aromatic rings. The highest BCUT2D eigenvalue weighted by molar-refractivity contribution is 7.61. The van der Waals surface area contributed by atoms with Gasteiger partial charge in [0.05, 0.1) is 0 Å². The summed E-state index contributed by atoms with van der Waals surface area (Å²) in [6, 6.07) is 0. The fraction of sp³-hybridized carbons (Fsp3) is 1.00. The Balaban J connectivity index is 5.11. The summed E-state index contributed by atoms with van der Waals surface area (Å²) in [6.07, 6.45) is -0.383. The molecule has 0 heterocycles. The summed E-state index contributed by atoms with van der Waals surface area (Å²) in [5.41, 5.74) is 0. The van der Waals surface area contributed by atoms with E-state index in [1.165, 1.54) is 6.92 Å². The first-order chi connectivity index (χ1) is 7.22. The van der Waals surface area contributed by atoms with Crippen molar-refractivity contribution in [2.24, 2.45) is 0 Å². The predicted molar refractivity (Wildman–Crippen MR) is 54.8 cm³/mol. The maximum absolute atomic E-state index is 11.1. The van der Waals surface area contributed by atoms with E-state index in [0.717, 1.165) is 6.92 Å². The fourth-order valence-electron chi connectivity index (χ4n) is 0.723. The van der Waals surface area contributed by atoms with E-state index >= 15 is 0 Å². The summed E-state index contributed by atoms with van der Waals surface area (Å²) in [4.78, 5) is 43.4. The Morgan fingerprint density at radius 1 is 1.06 bits per heavy atom. The van der Waals surface area contributed by atoms with Crippen LogP contribution in [0.15, 0.2) is 0 Å². The van der Waals surface area contributed by atoms with Crippen molar-refractivity contribution < 1.29 is 47.0 Å². The van der Waals surface area contributed by atoms with Crippen molar-refractivity contribution in [2.45, 2.75) is 25.6 Å². The molecular formula is C4H13O10P3. The molecule has 0 rings (SSSR count). The van der Waals surface area contributed by atoms with Crippen LogP contribution in [0.1, 0.15) is 20.3 Å². The molecule has 0 radical (unpaired) electrons. The maximum atomic E-state index is 11.1. The average molecular weight is 314 g/mol. The van der Waals surface area contributed by atoms with Crippen molar-refractivity contribution in [3.8, 4) is 0 Å². The summed E-state index contributed by atoms with van der Waals surface area (Å²) in [5.74, 6) is 0.